The summed E-state index contributed by atoms with van der Waals surface area (Å²) >= 11 is 0. The van der Waals surface area contributed by atoms with Gasteiger partial charge in [0, 0.05) is 24.5 Å². The number of pyridine rings is 1. The van der Waals surface area contributed by atoms with Gasteiger partial charge in [-0.2, -0.15) is 0 Å². The Morgan fingerprint density at radius 1 is 0.933 bits per heavy atom. The van der Waals surface area contributed by atoms with Crippen LogP contribution in [0.25, 0.3) is 0 Å². The normalized spacial score (nSPS) is 8.67. The molecule has 2 rings (SSSR count). The van der Waals surface area contributed by atoms with E-state index >= 15 is 0 Å². The van der Waals surface area contributed by atoms with Gasteiger partial charge in [-0.05, 0) is 12.1 Å². The minimum atomic E-state index is 0.715. The molecule has 0 bridgehead atoms. The maximum Gasteiger partial charge on any atom is 0.193 e. The third-order valence-corrected chi connectivity index (χ3v) is 1.64. The monoisotopic (exact) mass is 206 g/mol. The van der Waals surface area contributed by atoms with Gasteiger partial charge in [-0.3, -0.25) is 9.97 Å². The fraction of sp³-hybridized carbons (Fsp3) is 0.182. The zero-order valence-corrected chi connectivity index (χ0v) is 8.81. The highest BCUT2D eigenvalue weighted by Crippen LogP contribution is 2.14. The van der Waals surface area contributed by atoms with Crippen molar-refractivity contribution in [1.29, 1.82) is 0 Å². The molecule has 80 valence electrons. The predicted octanol–water partition coefficient (Wildman–Crippen LogP) is 2.11. The van der Waals surface area contributed by atoms with Gasteiger partial charge in [0.15, 0.2) is 11.8 Å². The predicted molar refractivity (Wildman–Crippen MR) is 58.1 cm³/mol. The van der Waals surface area contributed by atoms with Crippen molar-refractivity contribution in [3.8, 4) is 11.8 Å². The summed E-state index contributed by atoms with van der Waals surface area (Å²) < 4.78 is 9.72. The molecule has 0 saturated heterocycles. The van der Waals surface area contributed by atoms with Crippen LogP contribution in [0.2, 0.25) is 0 Å². The highest BCUT2D eigenvalue weighted by molar-refractivity contribution is 5.21. The van der Waals surface area contributed by atoms with Crippen LogP contribution in [0.5, 0.6) is 11.8 Å². The molecule has 0 spiro atoms. The topological polar surface area (TPSA) is 47.1 Å². The SMILES string of the molecule is COc1ccc(OC)[nH]1.c1ccncc1. The number of hydrogen-bond donors (Lipinski definition) is 1. The molecule has 0 unspecified atom stereocenters. The smallest absolute Gasteiger partial charge is 0.193 e. The summed E-state index contributed by atoms with van der Waals surface area (Å²) in [6.45, 7) is 0. The molecule has 0 atom stereocenters. The number of ether oxygens (including phenoxy) is 2. The molecule has 0 fully saturated rings. The number of H-pyrrole nitrogens is 1. The average Bonchev–Trinajstić information content (AvgIpc) is 2.80. The molecule has 2 aromatic rings. The van der Waals surface area contributed by atoms with Crippen LogP contribution in [0.4, 0.5) is 0 Å². The van der Waals surface area contributed by atoms with Crippen LogP contribution in [-0.2, 0) is 0 Å². The van der Waals surface area contributed by atoms with E-state index in [0.29, 0.717) is 11.8 Å². The number of nitrogens with zero attached hydrogens (tertiary/aromatic N) is 1. The minimum absolute atomic E-state index is 0.715. The summed E-state index contributed by atoms with van der Waals surface area (Å²) in [5.74, 6) is 1.43. The maximum atomic E-state index is 4.86. The van der Waals surface area contributed by atoms with Crippen molar-refractivity contribution in [1.82, 2.24) is 9.97 Å². The highest BCUT2D eigenvalue weighted by atomic mass is 16.5. The summed E-state index contributed by atoms with van der Waals surface area (Å²) in [5, 5.41) is 0. The number of methoxy groups -OCH3 is 2. The Bertz CT molecular complexity index is 315. The van der Waals surface area contributed by atoms with Crippen LogP contribution < -0.4 is 9.47 Å². The van der Waals surface area contributed by atoms with Gasteiger partial charge in [-0.25, -0.2) is 0 Å². The van der Waals surface area contributed by atoms with Gasteiger partial charge in [0.1, 0.15) is 0 Å². The van der Waals surface area contributed by atoms with Crippen LogP contribution >= 0.6 is 0 Å². The number of aromatic nitrogens is 2. The third kappa shape index (κ3) is 4.17. The molecular formula is C11H14N2O2. The first-order valence-corrected chi connectivity index (χ1v) is 4.49. The molecule has 0 aliphatic carbocycles. The van der Waals surface area contributed by atoms with Gasteiger partial charge < -0.3 is 9.47 Å². The third-order valence-electron chi connectivity index (χ3n) is 1.64. The second-order valence-electron chi connectivity index (χ2n) is 2.62. The number of aromatic amines is 1. The second kappa shape index (κ2) is 6.48. The lowest BCUT2D eigenvalue weighted by molar-refractivity contribution is 0.374. The first-order valence-electron chi connectivity index (χ1n) is 4.49. The van der Waals surface area contributed by atoms with Crippen molar-refractivity contribution < 1.29 is 9.47 Å². The molecule has 2 heterocycles. The van der Waals surface area contributed by atoms with Crippen molar-refractivity contribution in [2.45, 2.75) is 0 Å². The van der Waals surface area contributed by atoms with Crippen LogP contribution in [0.15, 0.2) is 42.7 Å². The summed E-state index contributed by atoms with van der Waals surface area (Å²) in [4.78, 5) is 6.65. The van der Waals surface area contributed by atoms with Gasteiger partial charge in [0.2, 0.25) is 0 Å². The first-order chi connectivity index (χ1) is 7.36. The zero-order chi connectivity index (χ0) is 10.9. The molecule has 0 aliphatic heterocycles. The summed E-state index contributed by atoms with van der Waals surface area (Å²) in [7, 11) is 3.20. The minimum Gasteiger partial charge on any atom is -0.482 e. The Labute approximate surface area is 88.9 Å². The lowest BCUT2D eigenvalue weighted by atomic mass is 10.5. The van der Waals surface area contributed by atoms with E-state index < -0.39 is 0 Å². The lowest BCUT2D eigenvalue weighted by Gasteiger charge is -1.93. The Morgan fingerprint density at radius 3 is 1.67 bits per heavy atom. The Kier molecular flexibility index (Phi) is 4.80. The molecule has 0 aliphatic rings. The quantitative estimate of drug-likeness (QED) is 0.818. The molecular weight excluding hydrogens is 192 g/mol. The van der Waals surface area contributed by atoms with E-state index in [2.05, 4.69) is 9.97 Å². The summed E-state index contributed by atoms with van der Waals surface area (Å²) in [6.07, 6.45) is 3.50. The molecule has 4 heteroatoms. The van der Waals surface area contributed by atoms with Gasteiger partial charge in [0.05, 0.1) is 14.2 Å². The van der Waals surface area contributed by atoms with Crippen molar-refractivity contribution >= 4 is 0 Å². The molecule has 4 nitrogen and oxygen atoms in total. The fourth-order valence-corrected chi connectivity index (χ4v) is 0.907. The maximum absolute atomic E-state index is 4.86. The van der Waals surface area contributed by atoms with Crippen molar-refractivity contribution in [2.24, 2.45) is 0 Å². The summed E-state index contributed by atoms with van der Waals surface area (Å²) in [6, 6.07) is 9.32. The number of nitrogens with one attached hydrogen (secondary N) is 1. The second-order valence-corrected chi connectivity index (χ2v) is 2.62. The molecule has 15 heavy (non-hydrogen) atoms. The van der Waals surface area contributed by atoms with Crippen molar-refractivity contribution in [3.63, 3.8) is 0 Å². The van der Waals surface area contributed by atoms with E-state index in [1.54, 1.807) is 38.7 Å². The summed E-state index contributed by atoms with van der Waals surface area (Å²) in [5.41, 5.74) is 0. The van der Waals surface area contributed by atoms with Gasteiger partial charge in [0.25, 0.3) is 0 Å². The standard InChI is InChI=1S/C6H9NO2.C5H5N/c1-8-5-3-4-6(7-5)9-2;1-2-4-6-5-3-1/h3-4,7H,1-2H3;1-5H. The number of rotatable bonds is 2. The Hall–Kier alpha value is -1.97. The van der Waals surface area contributed by atoms with E-state index in [4.69, 9.17) is 9.47 Å². The van der Waals surface area contributed by atoms with E-state index in [9.17, 15) is 0 Å². The Morgan fingerprint density at radius 2 is 1.47 bits per heavy atom. The lowest BCUT2D eigenvalue weighted by Crippen LogP contribution is -1.83. The van der Waals surface area contributed by atoms with Crippen molar-refractivity contribution in [2.75, 3.05) is 14.2 Å². The van der Waals surface area contributed by atoms with E-state index in [0.717, 1.165) is 0 Å². The molecule has 1 N–H and O–H groups in total. The highest BCUT2D eigenvalue weighted by Gasteiger charge is 1.93. The van der Waals surface area contributed by atoms with Gasteiger partial charge in [-0.15, -0.1) is 0 Å². The van der Waals surface area contributed by atoms with E-state index in [1.165, 1.54) is 0 Å². The van der Waals surface area contributed by atoms with Gasteiger partial charge in [-0.1, -0.05) is 6.07 Å². The zero-order valence-electron chi connectivity index (χ0n) is 8.81. The van der Waals surface area contributed by atoms with E-state index in [-0.39, 0.29) is 0 Å². The van der Waals surface area contributed by atoms with Crippen LogP contribution in [-0.4, -0.2) is 24.2 Å². The molecule has 0 aromatic carbocycles. The van der Waals surface area contributed by atoms with E-state index in [1.807, 2.05) is 18.2 Å². The first kappa shape index (κ1) is 11.1. The largest absolute Gasteiger partial charge is 0.482 e. The molecule has 0 radical (unpaired) electrons. The molecule has 0 saturated carbocycles. The Balaban J connectivity index is 0.000000162. The van der Waals surface area contributed by atoms with Crippen LogP contribution in [0.3, 0.4) is 0 Å². The molecule has 2 aromatic heterocycles. The fourth-order valence-electron chi connectivity index (χ4n) is 0.907. The van der Waals surface area contributed by atoms with Crippen LogP contribution in [0, 0.1) is 0 Å². The molecule has 0 amide bonds. The van der Waals surface area contributed by atoms with Crippen molar-refractivity contribution in [3.05, 3.63) is 42.7 Å². The number of hydrogen-bond acceptors (Lipinski definition) is 3. The van der Waals surface area contributed by atoms with Gasteiger partial charge >= 0.3 is 0 Å². The average molecular weight is 206 g/mol. The van der Waals surface area contributed by atoms with Crippen LogP contribution in [0.1, 0.15) is 0 Å².